The van der Waals surface area contributed by atoms with Crippen molar-refractivity contribution in [3.63, 3.8) is 0 Å². The van der Waals surface area contributed by atoms with Gasteiger partial charge in [0.25, 0.3) is 5.91 Å². The summed E-state index contributed by atoms with van der Waals surface area (Å²) in [5.74, 6) is -0.0440. The highest BCUT2D eigenvalue weighted by Crippen LogP contribution is 2.35. The summed E-state index contributed by atoms with van der Waals surface area (Å²) in [7, 11) is 6.52. The first-order valence-corrected chi connectivity index (χ1v) is 5.33. The van der Waals surface area contributed by atoms with Crippen molar-refractivity contribution in [3.8, 4) is 0 Å². The van der Waals surface area contributed by atoms with Gasteiger partial charge in [-0.2, -0.15) is 0 Å². The Hall–Kier alpha value is -0.220. The molecule has 0 aromatic rings. The lowest BCUT2D eigenvalue weighted by Crippen LogP contribution is -2.39. The summed E-state index contributed by atoms with van der Waals surface area (Å²) in [4.78, 5) is 16.4. The van der Waals surface area contributed by atoms with Gasteiger partial charge in [-0.05, 0) is 42.4 Å². The largest absolute Gasteiger partial charge is 0.298 e. The number of nitrogens with zero attached hydrogens (tertiary/aromatic N) is 2. The van der Waals surface area contributed by atoms with E-state index in [1.165, 1.54) is 0 Å². The molecular weight excluding hydrogens is 196 g/mol. The molecule has 5 heteroatoms. The number of carbonyl (C=O) groups is 1. The summed E-state index contributed by atoms with van der Waals surface area (Å²) in [6, 6.07) is 0.145. The summed E-state index contributed by atoms with van der Waals surface area (Å²) in [5.41, 5.74) is 0. The highest BCUT2D eigenvalue weighted by Gasteiger charge is 2.41. The van der Waals surface area contributed by atoms with E-state index in [0.717, 1.165) is 11.0 Å². The standard InChI is InChI=1S/C7H11ClN2OS/c1-5(2)10-4-9-7(3,12-8)6(10)11/h4-5H,1-3H3. The molecule has 68 valence electrons. The average Bonchev–Trinajstić information content (AvgIpc) is 2.30. The van der Waals surface area contributed by atoms with Crippen molar-refractivity contribution in [3.05, 3.63) is 0 Å². The summed E-state index contributed by atoms with van der Waals surface area (Å²) in [6.07, 6.45) is 1.56. The molecule has 0 aliphatic carbocycles. The molecule has 0 N–H and O–H groups in total. The SMILES string of the molecule is CC(C)N1C=NC(C)(SCl)C1=O. The van der Waals surface area contributed by atoms with Gasteiger partial charge in [-0.1, -0.05) is 0 Å². The summed E-state index contributed by atoms with van der Waals surface area (Å²) < 4.78 is 0. The molecule has 1 aliphatic rings. The molecule has 1 unspecified atom stereocenters. The van der Waals surface area contributed by atoms with Crippen molar-refractivity contribution in [2.75, 3.05) is 0 Å². The maximum absolute atomic E-state index is 11.6. The molecule has 1 aliphatic heterocycles. The van der Waals surface area contributed by atoms with E-state index in [4.69, 9.17) is 10.7 Å². The van der Waals surface area contributed by atoms with Crippen LogP contribution in [0.2, 0.25) is 0 Å². The Kier molecular flexibility index (Phi) is 2.68. The molecule has 1 heterocycles. The van der Waals surface area contributed by atoms with Crippen molar-refractivity contribution in [2.24, 2.45) is 4.99 Å². The van der Waals surface area contributed by atoms with Crippen LogP contribution in [0.25, 0.3) is 0 Å². The first kappa shape index (κ1) is 9.86. The Morgan fingerprint density at radius 1 is 1.75 bits per heavy atom. The lowest BCUT2D eigenvalue weighted by atomic mass is 10.3. The fourth-order valence-electron chi connectivity index (χ4n) is 0.940. The number of halogens is 1. The molecule has 1 amide bonds. The molecule has 1 rings (SSSR count). The summed E-state index contributed by atoms with van der Waals surface area (Å²) >= 11 is 0. The number of hydrogen-bond acceptors (Lipinski definition) is 3. The third kappa shape index (κ3) is 1.45. The fourth-order valence-corrected chi connectivity index (χ4v) is 1.52. The monoisotopic (exact) mass is 206 g/mol. The average molecular weight is 207 g/mol. The van der Waals surface area contributed by atoms with Gasteiger partial charge in [0.1, 0.15) is 0 Å². The second kappa shape index (κ2) is 3.26. The van der Waals surface area contributed by atoms with Crippen LogP contribution in [-0.4, -0.2) is 28.1 Å². The fraction of sp³-hybridized carbons (Fsp3) is 0.714. The molecule has 0 spiro atoms. The van der Waals surface area contributed by atoms with E-state index < -0.39 is 4.87 Å². The van der Waals surface area contributed by atoms with Crippen molar-refractivity contribution in [1.82, 2.24) is 4.90 Å². The van der Waals surface area contributed by atoms with E-state index >= 15 is 0 Å². The predicted molar refractivity (Wildman–Crippen MR) is 52.3 cm³/mol. The van der Waals surface area contributed by atoms with Crippen LogP contribution >= 0.6 is 21.7 Å². The van der Waals surface area contributed by atoms with Gasteiger partial charge in [-0.3, -0.25) is 9.69 Å². The lowest BCUT2D eigenvalue weighted by Gasteiger charge is -2.21. The molecule has 1 atom stereocenters. The van der Waals surface area contributed by atoms with Crippen LogP contribution in [0, 0.1) is 0 Å². The van der Waals surface area contributed by atoms with E-state index in [9.17, 15) is 4.79 Å². The summed E-state index contributed by atoms with van der Waals surface area (Å²) in [6.45, 7) is 5.59. The first-order valence-electron chi connectivity index (χ1n) is 3.69. The van der Waals surface area contributed by atoms with Gasteiger partial charge in [-0.25, -0.2) is 4.99 Å². The van der Waals surface area contributed by atoms with Gasteiger partial charge in [0.2, 0.25) is 0 Å². The number of rotatable bonds is 2. The first-order chi connectivity index (χ1) is 5.51. The van der Waals surface area contributed by atoms with Crippen molar-refractivity contribution < 1.29 is 4.79 Å². The van der Waals surface area contributed by atoms with Gasteiger partial charge >= 0.3 is 0 Å². The smallest absolute Gasteiger partial charge is 0.267 e. The van der Waals surface area contributed by atoms with Crippen LogP contribution in [0.3, 0.4) is 0 Å². The third-order valence-electron chi connectivity index (χ3n) is 1.77. The van der Waals surface area contributed by atoms with Gasteiger partial charge < -0.3 is 0 Å². The van der Waals surface area contributed by atoms with Gasteiger partial charge in [0.05, 0.1) is 6.34 Å². The molecule has 0 saturated carbocycles. The molecule has 0 radical (unpaired) electrons. The number of aliphatic imine (C=N–C) groups is 1. The molecule has 0 fully saturated rings. The molecule has 0 saturated heterocycles. The minimum atomic E-state index is -0.814. The second-order valence-electron chi connectivity index (χ2n) is 3.11. The van der Waals surface area contributed by atoms with Crippen LogP contribution in [0.15, 0.2) is 4.99 Å². The van der Waals surface area contributed by atoms with Crippen LogP contribution < -0.4 is 0 Å². The van der Waals surface area contributed by atoms with Crippen LogP contribution in [0.1, 0.15) is 20.8 Å². The zero-order valence-electron chi connectivity index (χ0n) is 7.24. The van der Waals surface area contributed by atoms with Gasteiger partial charge in [0.15, 0.2) is 4.87 Å². The van der Waals surface area contributed by atoms with Crippen LogP contribution in [-0.2, 0) is 4.79 Å². The third-order valence-corrected chi connectivity index (χ3v) is 3.25. The Morgan fingerprint density at radius 3 is 2.58 bits per heavy atom. The highest BCUT2D eigenvalue weighted by molar-refractivity contribution is 8.22. The van der Waals surface area contributed by atoms with E-state index in [-0.39, 0.29) is 11.9 Å². The van der Waals surface area contributed by atoms with Crippen LogP contribution in [0.5, 0.6) is 0 Å². The number of carbonyl (C=O) groups excluding carboxylic acids is 1. The van der Waals surface area contributed by atoms with Crippen LogP contribution in [0.4, 0.5) is 0 Å². The van der Waals surface area contributed by atoms with E-state index in [1.807, 2.05) is 13.8 Å². The van der Waals surface area contributed by atoms with Crippen molar-refractivity contribution in [2.45, 2.75) is 31.7 Å². The van der Waals surface area contributed by atoms with Crippen molar-refractivity contribution >= 4 is 33.9 Å². The minimum Gasteiger partial charge on any atom is -0.298 e. The Bertz CT molecular complexity index is 231. The van der Waals surface area contributed by atoms with Crippen molar-refractivity contribution in [1.29, 1.82) is 0 Å². The lowest BCUT2D eigenvalue weighted by molar-refractivity contribution is -0.128. The molecule has 3 nitrogen and oxygen atoms in total. The second-order valence-corrected chi connectivity index (χ2v) is 4.52. The van der Waals surface area contributed by atoms with E-state index in [2.05, 4.69) is 4.99 Å². The molecule has 0 bridgehead atoms. The Labute approximate surface area is 80.7 Å². The maximum atomic E-state index is 11.6. The molecule has 12 heavy (non-hydrogen) atoms. The topological polar surface area (TPSA) is 32.7 Å². The van der Waals surface area contributed by atoms with Gasteiger partial charge in [-0.15, -0.1) is 0 Å². The molecule has 0 aromatic heterocycles. The maximum Gasteiger partial charge on any atom is 0.267 e. The molecule has 0 aromatic carbocycles. The number of amides is 1. The van der Waals surface area contributed by atoms with Gasteiger partial charge in [0, 0.05) is 6.04 Å². The minimum absolute atomic E-state index is 0.0440. The summed E-state index contributed by atoms with van der Waals surface area (Å²) in [5, 5.41) is 0. The quantitative estimate of drug-likeness (QED) is 0.691. The zero-order chi connectivity index (χ0) is 9.35. The number of hydrogen-bond donors (Lipinski definition) is 0. The zero-order valence-corrected chi connectivity index (χ0v) is 8.82. The van der Waals surface area contributed by atoms with E-state index in [0.29, 0.717) is 0 Å². The predicted octanol–water partition coefficient (Wildman–Crippen LogP) is 1.87. The highest BCUT2D eigenvalue weighted by atomic mass is 35.7. The Balaban J connectivity index is 2.82. The molecular formula is C7H11ClN2OS. The normalized spacial score (nSPS) is 29.1. The Morgan fingerprint density at radius 2 is 2.33 bits per heavy atom. The van der Waals surface area contributed by atoms with E-state index in [1.54, 1.807) is 18.2 Å².